The highest BCUT2D eigenvalue weighted by Crippen LogP contribution is 2.38. The van der Waals surface area contributed by atoms with Gasteiger partial charge in [0, 0.05) is 11.9 Å². The normalized spacial score (nSPS) is 13.5. The molecule has 0 fully saturated rings. The number of rotatable bonds is 3. The van der Waals surface area contributed by atoms with Crippen LogP contribution in [-0.4, -0.2) is 28.8 Å². The van der Waals surface area contributed by atoms with E-state index < -0.39 is 0 Å². The number of amides is 1. The average molecular weight is 445 g/mol. The van der Waals surface area contributed by atoms with Crippen molar-refractivity contribution in [2.45, 2.75) is 25.7 Å². The first-order chi connectivity index (χ1) is 11.0. The quantitative estimate of drug-likeness (QED) is 0.583. The number of carbonyl (C=O) groups excluding carboxylic acids is 2. The van der Waals surface area contributed by atoms with Gasteiger partial charge in [0.2, 0.25) is 0 Å². The van der Waals surface area contributed by atoms with Crippen LogP contribution in [0.3, 0.4) is 0 Å². The number of aromatic nitrogens is 2. The lowest BCUT2D eigenvalue weighted by atomic mass is 9.95. The molecule has 122 valence electrons. The number of fused-ring (bicyclic) bond motifs is 1. The standard InChI is InChI=1S/C15H16IN3O3S/c1-19-12(9(16)7-17-19)13(20)18-14-11(15(21)22-2)8-5-3-4-6-10(8)23-14/h7H,3-6H2,1-2H3,(H,18,20). The summed E-state index contributed by atoms with van der Waals surface area (Å²) in [6.07, 6.45) is 5.61. The Bertz CT molecular complexity index is 762. The van der Waals surface area contributed by atoms with E-state index in [1.165, 1.54) is 28.0 Å². The molecule has 2 aromatic heterocycles. The second-order valence-corrected chi connectivity index (χ2v) is 7.59. The number of nitrogens with one attached hydrogen (secondary N) is 1. The van der Waals surface area contributed by atoms with Gasteiger partial charge in [0.1, 0.15) is 10.7 Å². The molecular formula is C15H16IN3O3S. The maximum Gasteiger partial charge on any atom is 0.341 e. The average Bonchev–Trinajstić information content (AvgIpc) is 3.06. The summed E-state index contributed by atoms with van der Waals surface area (Å²) in [5.74, 6) is -0.655. The first-order valence-electron chi connectivity index (χ1n) is 7.24. The van der Waals surface area contributed by atoms with Gasteiger partial charge in [-0.25, -0.2) is 4.79 Å². The molecule has 0 saturated carbocycles. The zero-order chi connectivity index (χ0) is 16.6. The second-order valence-electron chi connectivity index (χ2n) is 5.33. The molecule has 0 saturated heterocycles. The van der Waals surface area contributed by atoms with E-state index in [0.717, 1.165) is 34.8 Å². The number of carbonyl (C=O) groups is 2. The number of aryl methyl sites for hydroxylation is 2. The fraction of sp³-hybridized carbons (Fsp3) is 0.400. The molecule has 1 aliphatic carbocycles. The van der Waals surface area contributed by atoms with Crippen LogP contribution in [0.1, 0.15) is 44.1 Å². The van der Waals surface area contributed by atoms with Gasteiger partial charge in [0.25, 0.3) is 5.91 Å². The number of nitrogens with zero attached hydrogens (tertiary/aromatic N) is 2. The van der Waals surface area contributed by atoms with Gasteiger partial charge in [-0.3, -0.25) is 9.48 Å². The Balaban J connectivity index is 1.98. The van der Waals surface area contributed by atoms with Crippen molar-refractivity contribution in [2.24, 2.45) is 7.05 Å². The van der Waals surface area contributed by atoms with Crippen LogP contribution in [-0.2, 0) is 24.6 Å². The Morgan fingerprint density at radius 2 is 2.13 bits per heavy atom. The lowest BCUT2D eigenvalue weighted by molar-refractivity contribution is 0.0601. The lowest BCUT2D eigenvalue weighted by Gasteiger charge is -2.11. The van der Waals surface area contributed by atoms with E-state index >= 15 is 0 Å². The van der Waals surface area contributed by atoms with Gasteiger partial charge in [-0.2, -0.15) is 5.10 Å². The van der Waals surface area contributed by atoms with Crippen molar-refractivity contribution >= 4 is 50.8 Å². The molecule has 0 aromatic carbocycles. The summed E-state index contributed by atoms with van der Waals surface area (Å²) in [7, 11) is 3.09. The van der Waals surface area contributed by atoms with Gasteiger partial charge >= 0.3 is 5.97 Å². The molecule has 0 unspecified atom stereocenters. The van der Waals surface area contributed by atoms with E-state index in [2.05, 4.69) is 33.0 Å². The summed E-state index contributed by atoms with van der Waals surface area (Å²) < 4.78 is 7.22. The SMILES string of the molecule is COC(=O)c1c(NC(=O)c2c(I)cnn2C)sc2c1CCCC2. The van der Waals surface area contributed by atoms with Crippen molar-refractivity contribution in [3.8, 4) is 0 Å². The maximum absolute atomic E-state index is 12.6. The van der Waals surface area contributed by atoms with Crippen LogP contribution in [0.2, 0.25) is 0 Å². The topological polar surface area (TPSA) is 73.2 Å². The highest BCUT2D eigenvalue weighted by molar-refractivity contribution is 14.1. The molecule has 1 amide bonds. The summed E-state index contributed by atoms with van der Waals surface area (Å²) in [6, 6.07) is 0. The van der Waals surface area contributed by atoms with E-state index in [1.807, 2.05) is 0 Å². The predicted octanol–water partition coefficient (Wildman–Crippen LogP) is 3.00. The molecule has 0 bridgehead atoms. The summed E-state index contributed by atoms with van der Waals surface area (Å²) in [5, 5.41) is 7.53. The predicted molar refractivity (Wildman–Crippen MR) is 96.2 cm³/mol. The molecule has 6 nitrogen and oxygen atoms in total. The lowest BCUT2D eigenvalue weighted by Crippen LogP contribution is -2.18. The van der Waals surface area contributed by atoms with Crippen molar-refractivity contribution in [3.63, 3.8) is 0 Å². The van der Waals surface area contributed by atoms with Crippen LogP contribution in [0, 0.1) is 3.57 Å². The minimum absolute atomic E-state index is 0.266. The first kappa shape index (κ1) is 16.4. The smallest absolute Gasteiger partial charge is 0.341 e. The maximum atomic E-state index is 12.6. The number of hydrogen-bond acceptors (Lipinski definition) is 5. The van der Waals surface area contributed by atoms with Gasteiger partial charge in [-0.1, -0.05) is 0 Å². The van der Waals surface area contributed by atoms with Crippen LogP contribution >= 0.6 is 33.9 Å². The molecular weight excluding hydrogens is 429 g/mol. The second kappa shape index (κ2) is 6.60. The van der Waals surface area contributed by atoms with Crippen molar-refractivity contribution in [3.05, 3.63) is 31.5 Å². The number of halogens is 1. The van der Waals surface area contributed by atoms with Crippen LogP contribution < -0.4 is 5.32 Å². The van der Waals surface area contributed by atoms with Gasteiger partial charge in [-0.15, -0.1) is 11.3 Å². The van der Waals surface area contributed by atoms with E-state index in [4.69, 9.17) is 4.74 Å². The van der Waals surface area contributed by atoms with E-state index in [9.17, 15) is 9.59 Å². The monoisotopic (exact) mass is 445 g/mol. The van der Waals surface area contributed by atoms with Crippen molar-refractivity contribution < 1.29 is 14.3 Å². The molecule has 0 atom stereocenters. The largest absolute Gasteiger partial charge is 0.465 e. The number of esters is 1. The molecule has 8 heteroatoms. The van der Waals surface area contributed by atoms with E-state index in [1.54, 1.807) is 13.2 Å². The summed E-state index contributed by atoms with van der Waals surface area (Å²) in [4.78, 5) is 25.9. The molecule has 0 spiro atoms. The molecule has 2 heterocycles. The minimum atomic E-state index is -0.389. The Kier molecular flexibility index (Phi) is 4.72. The Hall–Kier alpha value is -1.42. The number of hydrogen-bond donors (Lipinski definition) is 1. The number of thiophene rings is 1. The van der Waals surface area contributed by atoms with Gasteiger partial charge in [0.15, 0.2) is 0 Å². The zero-order valence-electron chi connectivity index (χ0n) is 12.8. The summed E-state index contributed by atoms with van der Waals surface area (Å²) in [6.45, 7) is 0. The van der Waals surface area contributed by atoms with Gasteiger partial charge in [0.05, 0.1) is 22.4 Å². The highest BCUT2D eigenvalue weighted by Gasteiger charge is 2.28. The van der Waals surface area contributed by atoms with Gasteiger partial charge < -0.3 is 10.1 Å². The summed E-state index contributed by atoms with van der Waals surface area (Å²) >= 11 is 3.55. The molecule has 3 rings (SSSR count). The minimum Gasteiger partial charge on any atom is -0.465 e. The highest BCUT2D eigenvalue weighted by atomic mass is 127. The number of methoxy groups -OCH3 is 1. The van der Waals surface area contributed by atoms with Crippen molar-refractivity contribution in [1.29, 1.82) is 0 Å². The molecule has 2 aromatic rings. The number of anilines is 1. The Morgan fingerprint density at radius 3 is 2.78 bits per heavy atom. The third-order valence-electron chi connectivity index (χ3n) is 3.90. The van der Waals surface area contributed by atoms with E-state index in [0.29, 0.717) is 16.3 Å². The van der Waals surface area contributed by atoms with Gasteiger partial charge in [-0.05, 0) is 53.8 Å². The Morgan fingerprint density at radius 1 is 1.39 bits per heavy atom. The molecule has 23 heavy (non-hydrogen) atoms. The first-order valence-corrected chi connectivity index (χ1v) is 9.14. The van der Waals surface area contributed by atoms with Crippen molar-refractivity contribution in [1.82, 2.24) is 9.78 Å². The third kappa shape index (κ3) is 3.01. The molecule has 0 aliphatic heterocycles. The molecule has 1 N–H and O–H groups in total. The van der Waals surface area contributed by atoms with Crippen LogP contribution in [0.5, 0.6) is 0 Å². The third-order valence-corrected chi connectivity index (χ3v) is 5.89. The summed E-state index contributed by atoms with van der Waals surface area (Å²) in [5.41, 5.74) is 2.02. The Labute approximate surface area is 151 Å². The number of ether oxygens (including phenoxy) is 1. The van der Waals surface area contributed by atoms with Crippen molar-refractivity contribution in [2.75, 3.05) is 12.4 Å². The van der Waals surface area contributed by atoms with Crippen LogP contribution in [0.25, 0.3) is 0 Å². The zero-order valence-corrected chi connectivity index (χ0v) is 15.8. The van der Waals surface area contributed by atoms with Crippen LogP contribution in [0.4, 0.5) is 5.00 Å². The molecule has 0 radical (unpaired) electrons. The van der Waals surface area contributed by atoms with E-state index in [-0.39, 0.29) is 11.9 Å². The van der Waals surface area contributed by atoms with Crippen LogP contribution in [0.15, 0.2) is 6.20 Å². The fourth-order valence-electron chi connectivity index (χ4n) is 2.80. The fourth-order valence-corrected chi connectivity index (χ4v) is 4.79. The molecule has 1 aliphatic rings.